The van der Waals surface area contributed by atoms with Gasteiger partial charge in [-0.3, -0.25) is 28.2 Å². The van der Waals surface area contributed by atoms with Gasteiger partial charge in [0.15, 0.2) is 5.78 Å². The molecule has 0 amide bonds. The molecule has 4 aromatic carbocycles. The lowest BCUT2D eigenvalue weighted by Gasteiger charge is -2.07. The minimum Gasteiger partial charge on any atom is -0.295 e. The van der Waals surface area contributed by atoms with Gasteiger partial charge in [-0.25, -0.2) is 9.59 Å². The number of fused-ring (bicyclic) bond motifs is 2. The fourth-order valence-corrected chi connectivity index (χ4v) is 6.44. The van der Waals surface area contributed by atoms with Crippen molar-refractivity contribution in [3.05, 3.63) is 134 Å². The summed E-state index contributed by atoms with van der Waals surface area (Å²) in [5.41, 5.74) is 13.4. The maximum absolute atomic E-state index is 12.2. The Kier molecular flexibility index (Phi) is 8.69. The molecule has 0 aliphatic heterocycles. The number of imidazole rings is 2. The van der Waals surface area contributed by atoms with Gasteiger partial charge in [0.1, 0.15) is 5.69 Å². The van der Waals surface area contributed by atoms with Crippen molar-refractivity contribution in [1.29, 1.82) is 0 Å². The zero-order valence-corrected chi connectivity index (χ0v) is 29.1. The Morgan fingerprint density at radius 2 is 1.22 bits per heavy atom. The lowest BCUT2D eigenvalue weighted by Crippen LogP contribution is -2.19. The van der Waals surface area contributed by atoms with Crippen LogP contribution in [-0.2, 0) is 33.0 Å². The van der Waals surface area contributed by atoms with Crippen molar-refractivity contribution in [2.75, 3.05) is 0 Å². The van der Waals surface area contributed by atoms with E-state index in [9.17, 15) is 14.4 Å². The van der Waals surface area contributed by atoms with Crippen LogP contribution in [0.15, 0.2) is 94.5 Å². The van der Waals surface area contributed by atoms with Gasteiger partial charge in [0.2, 0.25) is 0 Å². The van der Waals surface area contributed by atoms with Gasteiger partial charge in [-0.1, -0.05) is 65.7 Å². The number of ketones is 1. The summed E-state index contributed by atoms with van der Waals surface area (Å²) in [5.74, 6) is -0.00297. The Balaban J connectivity index is 0.000000170. The highest BCUT2D eigenvalue weighted by molar-refractivity contribution is 6.24. The Bertz CT molecular complexity index is 2550. The third-order valence-electron chi connectivity index (χ3n) is 9.11. The number of allylic oxidation sites excluding steroid dienone is 1. The number of hydrogen-bond donors (Lipinski definition) is 1. The topological polar surface area (TPSA) is 99.6 Å². The molecule has 0 unspecified atom stereocenters. The van der Waals surface area contributed by atoms with Gasteiger partial charge in [0, 0.05) is 50.6 Å². The predicted molar refractivity (Wildman–Crippen MR) is 199 cm³/mol. The number of nitrogens with one attached hydrogen (secondary N) is 1. The molecule has 0 spiro atoms. The first-order chi connectivity index (χ1) is 23.3. The maximum atomic E-state index is 12.2. The van der Waals surface area contributed by atoms with Crippen molar-refractivity contribution in [3.63, 3.8) is 0 Å². The first-order valence-electron chi connectivity index (χ1n) is 16.1. The molecule has 0 bridgehead atoms. The number of hydrogen-bond acceptors (Lipinski definition) is 4. The number of H-pyrrole nitrogens is 1. The molecule has 7 aromatic rings. The van der Waals surface area contributed by atoms with E-state index in [1.807, 2.05) is 74.5 Å². The summed E-state index contributed by atoms with van der Waals surface area (Å²) >= 11 is 0. The van der Waals surface area contributed by atoms with Crippen molar-refractivity contribution < 1.29 is 4.79 Å². The highest BCUT2D eigenvalue weighted by Crippen LogP contribution is 2.34. The number of benzene rings is 4. The molecule has 248 valence electrons. The van der Waals surface area contributed by atoms with Crippen LogP contribution in [0.1, 0.15) is 34.9 Å². The summed E-state index contributed by atoms with van der Waals surface area (Å²) in [7, 11) is 7.09. The molecule has 0 fully saturated rings. The van der Waals surface area contributed by atoms with Crippen LogP contribution in [-0.4, -0.2) is 34.2 Å². The molecule has 0 aliphatic rings. The summed E-state index contributed by atoms with van der Waals surface area (Å²) in [4.78, 5) is 36.4. The summed E-state index contributed by atoms with van der Waals surface area (Å²) in [5, 5.41) is 7.64. The molecular formula is C40H40N6O3. The van der Waals surface area contributed by atoms with Gasteiger partial charge in [-0.15, -0.1) is 0 Å². The number of carbonyl (C=O) groups is 1. The molecule has 0 saturated carbocycles. The largest absolute Gasteiger partial charge is 0.328 e. The summed E-state index contributed by atoms with van der Waals surface area (Å²) in [6.45, 7) is 7.69. The molecule has 3 aromatic heterocycles. The average Bonchev–Trinajstić information content (AvgIpc) is 3.65. The van der Waals surface area contributed by atoms with E-state index in [1.54, 1.807) is 53.4 Å². The zero-order chi connectivity index (χ0) is 35.1. The Morgan fingerprint density at radius 1 is 0.653 bits per heavy atom. The van der Waals surface area contributed by atoms with Gasteiger partial charge in [0.05, 0.1) is 22.1 Å². The lowest BCUT2D eigenvalue weighted by molar-refractivity contribution is -0.111. The van der Waals surface area contributed by atoms with Gasteiger partial charge >= 0.3 is 11.4 Å². The van der Waals surface area contributed by atoms with Crippen LogP contribution in [0.3, 0.4) is 0 Å². The van der Waals surface area contributed by atoms with E-state index in [4.69, 9.17) is 0 Å². The number of aromatic amines is 1. The summed E-state index contributed by atoms with van der Waals surface area (Å²) in [6.07, 6.45) is 1.90. The molecule has 0 atom stereocenters. The van der Waals surface area contributed by atoms with Crippen molar-refractivity contribution in [2.24, 2.45) is 28.2 Å². The second kappa shape index (κ2) is 12.9. The minimum absolute atomic E-state index is 0.00297. The molecule has 0 saturated heterocycles. The number of aryl methyl sites for hydroxylation is 7. The van der Waals surface area contributed by atoms with Crippen molar-refractivity contribution in [1.82, 2.24) is 28.5 Å². The predicted octanol–water partition coefficient (Wildman–Crippen LogP) is 6.87. The number of Topliss-reactive ketones (excluding diaryl/α,β-unsaturated/α-hetero) is 1. The Morgan fingerprint density at radius 3 is 1.84 bits per heavy atom. The van der Waals surface area contributed by atoms with Crippen LogP contribution >= 0.6 is 0 Å². The van der Waals surface area contributed by atoms with E-state index in [2.05, 4.69) is 47.5 Å². The number of nitrogens with zero attached hydrogens (tertiary/aromatic N) is 5. The van der Waals surface area contributed by atoms with Crippen LogP contribution in [0.4, 0.5) is 0 Å². The van der Waals surface area contributed by atoms with E-state index in [1.165, 1.54) is 5.56 Å². The molecule has 9 nitrogen and oxygen atoms in total. The van der Waals surface area contributed by atoms with E-state index in [0.29, 0.717) is 5.57 Å². The summed E-state index contributed by atoms with van der Waals surface area (Å²) < 4.78 is 6.56. The number of carbonyl (C=O) groups excluding carboxylic acids is 1. The molecule has 9 heteroatoms. The molecule has 3 heterocycles. The first kappa shape index (κ1) is 33.0. The normalized spacial score (nSPS) is 11.6. The fourth-order valence-electron chi connectivity index (χ4n) is 6.44. The highest BCUT2D eigenvalue weighted by atomic mass is 16.2. The Labute approximate surface area is 284 Å². The van der Waals surface area contributed by atoms with Crippen LogP contribution in [0.25, 0.3) is 56.1 Å². The number of aromatic nitrogens is 6. The second-order valence-electron chi connectivity index (χ2n) is 12.7. The first-order valence-corrected chi connectivity index (χ1v) is 16.1. The van der Waals surface area contributed by atoms with Crippen molar-refractivity contribution in [2.45, 2.75) is 27.7 Å². The molecule has 49 heavy (non-hydrogen) atoms. The van der Waals surface area contributed by atoms with Crippen molar-refractivity contribution >= 4 is 39.5 Å². The monoisotopic (exact) mass is 652 g/mol. The summed E-state index contributed by atoms with van der Waals surface area (Å²) in [6, 6.07) is 28.1. The quantitative estimate of drug-likeness (QED) is 0.162. The maximum Gasteiger partial charge on any atom is 0.328 e. The highest BCUT2D eigenvalue weighted by Gasteiger charge is 2.17. The van der Waals surface area contributed by atoms with E-state index >= 15 is 0 Å². The van der Waals surface area contributed by atoms with Crippen LogP contribution < -0.4 is 11.4 Å². The van der Waals surface area contributed by atoms with Gasteiger partial charge in [-0.05, 0) is 80.8 Å². The molecule has 0 radical (unpaired) electrons. The third-order valence-corrected chi connectivity index (χ3v) is 9.11. The third kappa shape index (κ3) is 6.11. The van der Waals surface area contributed by atoms with E-state index in [0.717, 1.165) is 66.8 Å². The molecule has 1 N–H and O–H groups in total. The second-order valence-corrected chi connectivity index (χ2v) is 12.7. The molecular weight excluding hydrogens is 612 g/mol. The average molecular weight is 653 g/mol. The lowest BCUT2D eigenvalue weighted by atomic mass is 9.98. The zero-order valence-electron chi connectivity index (χ0n) is 29.1. The van der Waals surface area contributed by atoms with Crippen LogP contribution in [0.2, 0.25) is 0 Å². The SMILES string of the molecule is CC(=O)C(=Cc1cccc(C)c1)c1ccc2c(c1)n(C)c(=O)n2C.Cc1cccc(-c2n[nH]c(C)c2-c2ccc3c(c2)n(C)c(=O)n3C)c1. The van der Waals surface area contributed by atoms with Gasteiger partial charge < -0.3 is 0 Å². The molecule has 0 aliphatic carbocycles. The van der Waals surface area contributed by atoms with E-state index < -0.39 is 0 Å². The Hall–Kier alpha value is -5.96. The minimum atomic E-state index is -0.0748. The van der Waals surface area contributed by atoms with Gasteiger partial charge in [-0.2, -0.15) is 5.10 Å². The van der Waals surface area contributed by atoms with E-state index in [-0.39, 0.29) is 17.2 Å². The number of rotatable bonds is 5. The molecule has 7 rings (SSSR count). The van der Waals surface area contributed by atoms with Gasteiger partial charge in [0.25, 0.3) is 0 Å². The fraction of sp³-hybridized carbons (Fsp3) is 0.200. The standard InChI is InChI=1S/C20H20N4O.C20H20N2O2/c1-12-6-5-7-15(10-12)19-18(13(2)21-22-19)14-8-9-16-17(11-14)24(4)20(25)23(16)3;1-13-6-5-7-15(10-13)11-17(14(2)23)16-8-9-18-19(12-16)22(4)20(24)21(18)3/h5-11H,1-4H3,(H,21,22);5-12H,1-4H3. The van der Waals surface area contributed by atoms with Crippen molar-refractivity contribution in [3.8, 4) is 22.4 Å². The van der Waals surface area contributed by atoms with Crippen LogP contribution in [0, 0.1) is 20.8 Å². The van der Waals surface area contributed by atoms with Crippen LogP contribution in [0.5, 0.6) is 0 Å². The smallest absolute Gasteiger partial charge is 0.295 e.